The number of nitrogens with zero attached hydrogens (tertiary/aromatic N) is 2. The SMILES string of the molecule is COc1ccc(C2C3=CCC4C(=O)N(C5CCCCC5)C(=O)C4C3CC3C(=O)N(c4cccc(Cl)c4)C(=O)C32c2ccccc2)c(O)c1. The lowest BCUT2D eigenvalue weighted by atomic mass is 9.49. The normalized spacial score (nSPS) is 30.2. The van der Waals surface area contributed by atoms with Gasteiger partial charge in [0.15, 0.2) is 0 Å². The number of likely N-dealkylation sites (tertiary alicyclic amines) is 1. The van der Waals surface area contributed by atoms with Crippen LogP contribution in [0.3, 0.4) is 0 Å². The molecule has 1 N–H and O–H groups in total. The lowest BCUT2D eigenvalue weighted by Gasteiger charge is -2.50. The third-order valence-corrected chi connectivity index (χ3v) is 11.9. The van der Waals surface area contributed by atoms with Crippen LogP contribution < -0.4 is 9.64 Å². The molecule has 8 rings (SSSR count). The van der Waals surface area contributed by atoms with Gasteiger partial charge in [-0.2, -0.15) is 0 Å². The number of aromatic hydroxyl groups is 1. The van der Waals surface area contributed by atoms with Crippen molar-refractivity contribution in [3.63, 3.8) is 0 Å². The first-order valence-electron chi connectivity index (χ1n) is 16.9. The van der Waals surface area contributed by atoms with E-state index < -0.39 is 40.9 Å². The number of allylic oxidation sites excluding steroid dienone is 2. The van der Waals surface area contributed by atoms with Crippen LogP contribution in [0.15, 0.2) is 84.4 Å². The standard InChI is InChI=1S/C39H37ClN2O6/c1-48-26-15-16-28(32(43)20-26)34-27-17-18-29-33(37(46)41(35(29)44)24-12-6-3-7-13-24)30(27)21-31-36(45)42(25-14-8-11-23(40)19-25)38(47)39(31,34)22-9-4-2-5-10-22/h2,4-5,8-11,14-17,19-20,24,29-31,33-34,43H,3,6-7,12-13,18,21H2,1H3. The minimum atomic E-state index is -1.45. The Balaban J connectivity index is 1.35. The maximum Gasteiger partial charge on any atom is 0.246 e. The summed E-state index contributed by atoms with van der Waals surface area (Å²) < 4.78 is 5.41. The average molecular weight is 665 g/mol. The van der Waals surface area contributed by atoms with E-state index >= 15 is 4.79 Å². The van der Waals surface area contributed by atoms with E-state index in [2.05, 4.69) is 0 Å². The molecular formula is C39H37ClN2O6. The molecule has 8 nitrogen and oxygen atoms in total. The fourth-order valence-electron chi connectivity index (χ4n) is 9.71. The molecule has 2 saturated heterocycles. The maximum atomic E-state index is 15.3. The first kappa shape index (κ1) is 30.9. The first-order valence-corrected chi connectivity index (χ1v) is 17.3. The molecule has 2 heterocycles. The van der Waals surface area contributed by atoms with Crippen LogP contribution in [0.4, 0.5) is 5.69 Å². The molecule has 4 fully saturated rings. The van der Waals surface area contributed by atoms with E-state index in [1.165, 1.54) is 18.1 Å². The van der Waals surface area contributed by atoms with Crippen LogP contribution >= 0.6 is 11.6 Å². The summed E-state index contributed by atoms with van der Waals surface area (Å²) in [6, 6.07) is 20.9. The number of rotatable bonds is 5. The van der Waals surface area contributed by atoms with Crippen molar-refractivity contribution in [2.24, 2.45) is 23.7 Å². The molecule has 5 aliphatic rings. The first-order chi connectivity index (χ1) is 23.3. The third-order valence-electron chi connectivity index (χ3n) is 11.7. The number of phenols is 1. The zero-order valence-corrected chi connectivity index (χ0v) is 27.4. The smallest absolute Gasteiger partial charge is 0.246 e. The number of benzene rings is 3. The number of fused-ring (bicyclic) bond motifs is 4. The summed E-state index contributed by atoms with van der Waals surface area (Å²) in [5, 5.41) is 12.0. The van der Waals surface area contributed by atoms with Crippen molar-refractivity contribution >= 4 is 40.9 Å². The Kier molecular flexibility index (Phi) is 7.47. The van der Waals surface area contributed by atoms with Crippen molar-refractivity contribution in [1.82, 2.24) is 4.90 Å². The van der Waals surface area contributed by atoms with Gasteiger partial charge in [0.05, 0.1) is 36.0 Å². The number of ether oxygens (including phenoxy) is 1. The lowest BCUT2D eigenvalue weighted by Crippen LogP contribution is -2.53. The van der Waals surface area contributed by atoms with Crippen molar-refractivity contribution < 1.29 is 29.0 Å². The highest BCUT2D eigenvalue weighted by atomic mass is 35.5. The predicted molar refractivity (Wildman–Crippen MR) is 179 cm³/mol. The molecule has 4 amide bonds. The van der Waals surface area contributed by atoms with Gasteiger partial charge in [-0.05, 0) is 61.4 Å². The van der Waals surface area contributed by atoms with Gasteiger partial charge in [0, 0.05) is 28.6 Å². The van der Waals surface area contributed by atoms with Gasteiger partial charge >= 0.3 is 0 Å². The van der Waals surface area contributed by atoms with Crippen molar-refractivity contribution in [2.45, 2.75) is 62.3 Å². The van der Waals surface area contributed by atoms with Gasteiger partial charge in [-0.3, -0.25) is 24.1 Å². The van der Waals surface area contributed by atoms with Crippen LogP contribution in [0, 0.1) is 23.7 Å². The zero-order chi connectivity index (χ0) is 33.3. The van der Waals surface area contributed by atoms with Gasteiger partial charge in [-0.25, -0.2) is 4.90 Å². The number of carbonyl (C=O) groups excluding carboxylic acids is 4. The Morgan fingerprint density at radius 3 is 2.33 bits per heavy atom. The number of hydrogen-bond acceptors (Lipinski definition) is 6. The summed E-state index contributed by atoms with van der Waals surface area (Å²) in [5.41, 5.74) is 0.852. The Morgan fingerprint density at radius 1 is 0.854 bits per heavy atom. The molecule has 0 aromatic heterocycles. The minimum absolute atomic E-state index is 0.0730. The highest BCUT2D eigenvalue weighted by molar-refractivity contribution is 6.32. The van der Waals surface area contributed by atoms with Crippen LogP contribution in [0.25, 0.3) is 0 Å². The molecule has 3 aromatic carbocycles. The molecule has 2 aliphatic heterocycles. The van der Waals surface area contributed by atoms with E-state index in [9.17, 15) is 19.5 Å². The molecule has 3 aliphatic carbocycles. The number of hydrogen-bond donors (Lipinski definition) is 1. The maximum absolute atomic E-state index is 15.3. The second-order valence-corrected chi connectivity index (χ2v) is 14.3. The summed E-state index contributed by atoms with van der Waals surface area (Å²) in [6.45, 7) is 0. The van der Waals surface area contributed by atoms with Crippen molar-refractivity contribution in [1.29, 1.82) is 0 Å². The van der Waals surface area contributed by atoms with Crippen LogP contribution in [0.2, 0.25) is 5.02 Å². The molecule has 6 unspecified atom stereocenters. The molecular weight excluding hydrogens is 628 g/mol. The molecule has 246 valence electrons. The number of imide groups is 2. The number of anilines is 1. The quantitative estimate of drug-likeness (QED) is 0.245. The summed E-state index contributed by atoms with van der Waals surface area (Å²) in [5.74, 6) is -4.02. The highest BCUT2D eigenvalue weighted by Gasteiger charge is 2.70. The number of amides is 4. The topological polar surface area (TPSA) is 104 Å². The fourth-order valence-corrected chi connectivity index (χ4v) is 9.89. The number of carbonyl (C=O) groups is 4. The molecule has 0 bridgehead atoms. The molecule has 0 radical (unpaired) electrons. The summed E-state index contributed by atoms with van der Waals surface area (Å²) in [7, 11) is 1.51. The van der Waals surface area contributed by atoms with E-state index in [0.29, 0.717) is 34.0 Å². The summed E-state index contributed by atoms with van der Waals surface area (Å²) in [6.07, 6.45) is 7.29. The second-order valence-electron chi connectivity index (χ2n) is 13.9. The molecule has 9 heteroatoms. The third kappa shape index (κ3) is 4.34. The van der Waals surface area contributed by atoms with Gasteiger partial charge in [-0.1, -0.05) is 85.0 Å². The van der Waals surface area contributed by atoms with Gasteiger partial charge in [0.25, 0.3) is 0 Å². The Morgan fingerprint density at radius 2 is 1.62 bits per heavy atom. The Hall–Kier alpha value is -4.43. The van der Waals surface area contributed by atoms with Crippen LogP contribution in [0.1, 0.15) is 62.0 Å². The van der Waals surface area contributed by atoms with Gasteiger partial charge in [0.1, 0.15) is 11.5 Å². The van der Waals surface area contributed by atoms with E-state index in [-0.39, 0.29) is 35.9 Å². The highest BCUT2D eigenvalue weighted by Crippen LogP contribution is 2.65. The van der Waals surface area contributed by atoms with Crippen molar-refractivity contribution in [3.8, 4) is 11.5 Å². The number of phenolic OH excluding ortho intramolecular Hbond substituents is 1. The van der Waals surface area contributed by atoms with E-state index in [1.807, 2.05) is 36.4 Å². The molecule has 0 spiro atoms. The van der Waals surface area contributed by atoms with Gasteiger partial charge < -0.3 is 9.84 Å². The van der Waals surface area contributed by atoms with Gasteiger partial charge in [0.2, 0.25) is 23.6 Å². The van der Waals surface area contributed by atoms with E-state index in [1.54, 1.807) is 41.3 Å². The molecule has 6 atom stereocenters. The zero-order valence-electron chi connectivity index (χ0n) is 26.7. The number of methoxy groups -OCH3 is 1. The second kappa shape index (κ2) is 11.6. The van der Waals surface area contributed by atoms with Crippen LogP contribution in [0.5, 0.6) is 11.5 Å². The van der Waals surface area contributed by atoms with Gasteiger partial charge in [-0.15, -0.1) is 0 Å². The van der Waals surface area contributed by atoms with Crippen molar-refractivity contribution in [2.75, 3.05) is 12.0 Å². The molecule has 48 heavy (non-hydrogen) atoms. The van der Waals surface area contributed by atoms with E-state index in [0.717, 1.165) is 37.7 Å². The van der Waals surface area contributed by atoms with Crippen LogP contribution in [-0.4, -0.2) is 46.8 Å². The number of halogens is 1. The molecule has 3 aromatic rings. The van der Waals surface area contributed by atoms with Crippen molar-refractivity contribution in [3.05, 3.63) is 101 Å². The minimum Gasteiger partial charge on any atom is -0.508 e. The lowest BCUT2D eigenvalue weighted by molar-refractivity contribution is -0.143. The summed E-state index contributed by atoms with van der Waals surface area (Å²) in [4.78, 5) is 61.3. The Bertz CT molecular complexity index is 1870. The average Bonchev–Trinajstić information content (AvgIpc) is 3.49. The monoisotopic (exact) mass is 664 g/mol. The Labute approximate surface area is 284 Å². The largest absolute Gasteiger partial charge is 0.508 e. The summed E-state index contributed by atoms with van der Waals surface area (Å²) >= 11 is 6.39. The van der Waals surface area contributed by atoms with E-state index in [4.69, 9.17) is 16.3 Å². The fraction of sp³-hybridized carbons (Fsp3) is 0.385. The van der Waals surface area contributed by atoms with Crippen LogP contribution in [-0.2, 0) is 24.6 Å². The molecule has 2 saturated carbocycles. The predicted octanol–water partition coefficient (Wildman–Crippen LogP) is 6.55.